The zero-order valence-corrected chi connectivity index (χ0v) is 9.79. The van der Waals surface area contributed by atoms with Crippen LogP contribution in [0.3, 0.4) is 0 Å². The summed E-state index contributed by atoms with van der Waals surface area (Å²) in [5.41, 5.74) is 2.48. The van der Waals surface area contributed by atoms with Gasteiger partial charge in [-0.15, -0.1) is 0 Å². The van der Waals surface area contributed by atoms with E-state index in [0.29, 0.717) is 16.5 Å². The van der Waals surface area contributed by atoms with Crippen molar-refractivity contribution in [2.24, 2.45) is 4.99 Å². The molecule has 0 atom stereocenters. The SMILES string of the molecule is COc1cc(C)c(Cl)c(C)c1N=C=S. The van der Waals surface area contributed by atoms with E-state index >= 15 is 0 Å². The summed E-state index contributed by atoms with van der Waals surface area (Å²) in [5.74, 6) is 0.668. The van der Waals surface area contributed by atoms with Gasteiger partial charge in [-0.1, -0.05) is 11.6 Å². The van der Waals surface area contributed by atoms with Crippen LogP contribution in [0.15, 0.2) is 11.1 Å². The first kappa shape index (κ1) is 11.2. The van der Waals surface area contributed by atoms with Gasteiger partial charge in [0.2, 0.25) is 0 Å². The van der Waals surface area contributed by atoms with Crippen molar-refractivity contribution in [2.75, 3.05) is 7.11 Å². The van der Waals surface area contributed by atoms with Crippen molar-refractivity contribution in [1.29, 1.82) is 0 Å². The van der Waals surface area contributed by atoms with E-state index in [9.17, 15) is 0 Å². The molecule has 0 aliphatic heterocycles. The predicted octanol–water partition coefficient (Wildman–Crippen LogP) is 3.70. The second kappa shape index (κ2) is 4.56. The maximum atomic E-state index is 6.07. The topological polar surface area (TPSA) is 21.6 Å². The molecule has 14 heavy (non-hydrogen) atoms. The van der Waals surface area contributed by atoms with Crippen molar-refractivity contribution >= 4 is 34.7 Å². The van der Waals surface area contributed by atoms with Crippen molar-refractivity contribution in [1.82, 2.24) is 0 Å². The quantitative estimate of drug-likeness (QED) is 0.568. The highest BCUT2D eigenvalue weighted by Crippen LogP contribution is 2.37. The zero-order valence-electron chi connectivity index (χ0n) is 8.22. The molecule has 1 aromatic carbocycles. The summed E-state index contributed by atoms with van der Waals surface area (Å²) in [6, 6.07) is 1.83. The first-order valence-electron chi connectivity index (χ1n) is 4.03. The van der Waals surface area contributed by atoms with Crippen molar-refractivity contribution < 1.29 is 4.74 Å². The Labute approximate surface area is 93.6 Å². The summed E-state index contributed by atoms with van der Waals surface area (Å²) in [6.07, 6.45) is 0. The molecule has 0 N–H and O–H groups in total. The number of thiocarbonyl (C=S) groups is 1. The van der Waals surface area contributed by atoms with Crippen LogP contribution in [0.25, 0.3) is 0 Å². The Morgan fingerprint density at radius 3 is 2.64 bits per heavy atom. The maximum Gasteiger partial charge on any atom is 0.145 e. The molecule has 0 saturated heterocycles. The predicted molar refractivity (Wildman–Crippen MR) is 62.2 cm³/mol. The summed E-state index contributed by atoms with van der Waals surface area (Å²) < 4.78 is 5.18. The van der Waals surface area contributed by atoms with Crippen LogP contribution in [0.1, 0.15) is 11.1 Å². The Bertz CT molecular complexity index is 411. The molecule has 0 unspecified atom stereocenters. The Hall–Kier alpha value is -0.890. The zero-order chi connectivity index (χ0) is 10.7. The molecular weight excluding hydrogens is 218 g/mol. The second-order valence-electron chi connectivity index (χ2n) is 2.89. The van der Waals surface area contributed by atoms with Gasteiger partial charge in [-0.3, -0.25) is 0 Å². The fourth-order valence-electron chi connectivity index (χ4n) is 1.25. The maximum absolute atomic E-state index is 6.07. The summed E-state index contributed by atoms with van der Waals surface area (Å²) in [4.78, 5) is 3.93. The molecule has 0 aromatic heterocycles. The molecule has 0 fully saturated rings. The normalized spacial score (nSPS) is 9.43. The number of nitrogens with zero attached hydrogens (tertiary/aromatic N) is 1. The summed E-state index contributed by atoms with van der Waals surface area (Å²) in [5, 5.41) is 3.01. The highest BCUT2D eigenvalue weighted by atomic mass is 35.5. The number of benzene rings is 1. The molecule has 0 saturated carbocycles. The van der Waals surface area contributed by atoms with E-state index in [4.69, 9.17) is 16.3 Å². The van der Waals surface area contributed by atoms with Gasteiger partial charge in [-0.05, 0) is 43.3 Å². The van der Waals surface area contributed by atoms with Crippen LogP contribution in [-0.2, 0) is 0 Å². The fourth-order valence-corrected chi connectivity index (χ4v) is 1.49. The third-order valence-electron chi connectivity index (χ3n) is 1.99. The molecular formula is C10H10ClNOS. The minimum absolute atomic E-state index is 0.651. The van der Waals surface area contributed by atoms with Crippen molar-refractivity contribution in [3.63, 3.8) is 0 Å². The lowest BCUT2D eigenvalue weighted by Crippen LogP contribution is -1.89. The van der Waals surface area contributed by atoms with E-state index in [-0.39, 0.29) is 0 Å². The highest BCUT2D eigenvalue weighted by molar-refractivity contribution is 7.78. The van der Waals surface area contributed by atoms with Crippen LogP contribution in [-0.4, -0.2) is 12.3 Å². The van der Waals surface area contributed by atoms with Crippen LogP contribution in [0, 0.1) is 13.8 Å². The van der Waals surface area contributed by atoms with E-state index in [2.05, 4.69) is 22.4 Å². The van der Waals surface area contributed by atoms with Gasteiger partial charge < -0.3 is 4.74 Å². The van der Waals surface area contributed by atoms with Gasteiger partial charge in [0.25, 0.3) is 0 Å². The third kappa shape index (κ3) is 1.95. The molecule has 0 amide bonds. The van der Waals surface area contributed by atoms with E-state index in [1.807, 2.05) is 19.9 Å². The average Bonchev–Trinajstić information content (AvgIpc) is 2.19. The summed E-state index contributed by atoms with van der Waals surface area (Å²) in [7, 11) is 1.59. The Morgan fingerprint density at radius 1 is 1.50 bits per heavy atom. The van der Waals surface area contributed by atoms with Gasteiger partial charge in [-0.2, -0.15) is 4.99 Å². The van der Waals surface area contributed by atoms with Crippen LogP contribution in [0.5, 0.6) is 5.75 Å². The molecule has 0 radical (unpaired) electrons. The van der Waals surface area contributed by atoms with Gasteiger partial charge in [0.05, 0.1) is 12.3 Å². The van der Waals surface area contributed by atoms with Crippen LogP contribution < -0.4 is 4.74 Å². The first-order chi connectivity index (χ1) is 6.61. The van der Waals surface area contributed by atoms with Gasteiger partial charge >= 0.3 is 0 Å². The number of ether oxygens (including phenoxy) is 1. The largest absolute Gasteiger partial charge is 0.494 e. The van der Waals surface area contributed by atoms with E-state index < -0.39 is 0 Å². The number of halogens is 1. The molecule has 2 nitrogen and oxygen atoms in total. The molecule has 74 valence electrons. The van der Waals surface area contributed by atoms with Crippen molar-refractivity contribution in [3.05, 3.63) is 22.2 Å². The van der Waals surface area contributed by atoms with Gasteiger partial charge in [-0.25, -0.2) is 0 Å². The fraction of sp³-hybridized carbons (Fsp3) is 0.300. The van der Waals surface area contributed by atoms with Crippen LogP contribution >= 0.6 is 23.8 Å². The number of rotatable bonds is 2. The van der Waals surface area contributed by atoms with Gasteiger partial charge in [0, 0.05) is 5.02 Å². The molecule has 1 aromatic rings. The molecule has 0 bridgehead atoms. The average molecular weight is 228 g/mol. The molecule has 0 aliphatic rings. The molecule has 0 spiro atoms. The third-order valence-corrected chi connectivity index (χ3v) is 2.66. The highest BCUT2D eigenvalue weighted by Gasteiger charge is 2.11. The molecule has 1 rings (SSSR count). The molecule has 0 aliphatic carbocycles. The van der Waals surface area contributed by atoms with Gasteiger partial charge in [0.1, 0.15) is 11.4 Å². The monoisotopic (exact) mass is 227 g/mol. The number of hydrogen-bond donors (Lipinski definition) is 0. The number of aliphatic imine (C=N–C) groups is 1. The number of hydrogen-bond acceptors (Lipinski definition) is 3. The summed E-state index contributed by atoms with van der Waals surface area (Å²) >= 11 is 10.6. The van der Waals surface area contributed by atoms with Crippen molar-refractivity contribution in [2.45, 2.75) is 13.8 Å². The first-order valence-corrected chi connectivity index (χ1v) is 4.82. The lowest BCUT2D eigenvalue weighted by Gasteiger charge is -2.10. The molecule has 0 heterocycles. The number of isothiocyanates is 1. The Kier molecular flexibility index (Phi) is 3.64. The van der Waals surface area contributed by atoms with E-state index in [1.165, 1.54) is 0 Å². The van der Waals surface area contributed by atoms with Crippen LogP contribution in [0.4, 0.5) is 5.69 Å². The lowest BCUT2D eigenvalue weighted by atomic mass is 10.1. The molecule has 4 heteroatoms. The Morgan fingerprint density at radius 2 is 2.14 bits per heavy atom. The Balaban J connectivity index is 3.52. The van der Waals surface area contributed by atoms with Crippen molar-refractivity contribution in [3.8, 4) is 5.75 Å². The lowest BCUT2D eigenvalue weighted by molar-refractivity contribution is 0.415. The second-order valence-corrected chi connectivity index (χ2v) is 3.45. The standard InChI is InChI=1S/C10H10ClNOS/c1-6-4-8(13-3)10(12-5-14)7(2)9(6)11/h4H,1-3H3. The minimum atomic E-state index is 0.651. The number of methoxy groups -OCH3 is 1. The summed E-state index contributed by atoms with van der Waals surface area (Å²) in [6.45, 7) is 3.80. The minimum Gasteiger partial charge on any atom is -0.494 e. The van der Waals surface area contributed by atoms with E-state index in [1.54, 1.807) is 7.11 Å². The number of aryl methyl sites for hydroxylation is 1. The smallest absolute Gasteiger partial charge is 0.145 e. The van der Waals surface area contributed by atoms with Gasteiger partial charge in [0.15, 0.2) is 0 Å². The van der Waals surface area contributed by atoms with Crippen LogP contribution in [0.2, 0.25) is 5.02 Å². The van der Waals surface area contributed by atoms with E-state index in [0.717, 1.165) is 11.1 Å².